The third-order valence-electron chi connectivity index (χ3n) is 6.76. The second kappa shape index (κ2) is 7.85. The Bertz CT molecular complexity index is 721. The molecule has 28 heavy (non-hydrogen) atoms. The zero-order valence-corrected chi connectivity index (χ0v) is 16.9. The van der Waals surface area contributed by atoms with Gasteiger partial charge in [0.15, 0.2) is 5.69 Å². The average molecular weight is 389 g/mol. The first-order valence-corrected chi connectivity index (χ1v) is 10.8. The maximum Gasteiger partial charge on any atom is 0.273 e. The van der Waals surface area contributed by atoms with Crippen LogP contribution in [0.5, 0.6) is 0 Å². The summed E-state index contributed by atoms with van der Waals surface area (Å²) in [5.74, 6) is 1.65. The molecule has 3 aliphatic rings. The minimum Gasteiger partial charge on any atom is -0.360 e. The van der Waals surface area contributed by atoms with Crippen LogP contribution in [-0.4, -0.2) is 46.5 Å². The predicted molar refractivity (Wildman–Crippen MR) is 105 cm³/mol. The minimum absolute atomic E-state index is 0.0346. The molecule has 4 rings (SSSR count). The predicted octanol–water partition coefficient (Wildman–Crippen LogP) is 2.42. The number of hydrogen-bond donors (Lipinski definition) is 2. The molecule has 1 aliphatic heterocycles. The van der Waals surface area contributed by atoms with Crippen molar-refractivity contribution in [1.82, 2.24) is 15.4 Å². The number of nitrogens with two attached hydrogens (primary N) is 1. The van der Waals surface area contributed by atoms with Gasteiger partial charge in [-0.15, -0.1) is 0 Å². The lowest BCUT2D eigenvalue weighted by Gasteiger charge is -2.43. The molecule has 1 aromatic heterocycles. The number of amides is 2. The van der Waals surface area contributed by atoms with Crippen molar-refractivity contribution in [3.05, 3.63) is 17.5 Å². The summed E-state index contributed by atoms with van der Waals surface area (Å²) in [4.78, 5) is 27.6. The van der Waals surface area contributed by atoms with Gasteiger partial charge < -0.3 is 20.5 Å². The number of likely N-dealkylation sites (tertiary alicyclic amines) is 1. The van der Waals surface area contributed by atoms with Gasteiger partial charge in [0.2, 0.25) is 5.91 Å². The Labute approximate surface area is 166 Å². The summed E-state index contributed by atoms with van der Waals surface area (Å²) >= 11 is 0. The first-order chi connectivity index (χ1) is 13.4. The third kappa shape index (κ3) is 4.09. The van der Waals surface area contributed by atoms with Crippen LogP contribution in [0.4, 0.5) is 0 Å². The van der Waals surface area contributed by atoms with Gasteiger partial charge >= 0.3 is 0 Å². The fourth-order valence-electron chi connectivity index (χ4n) is 4.65. The Morgan fingerprint density at radius 2 is 1.89 bits per heavy atom. The summed E-state index contributed by atoms with van der Waals surface area (Å²) in [5, 5.41) is 7.05. The highest BCUT2D eigenvalue weighted by Crippen LogP contribution is 2.40. The monoisotopic (exact) mass is 388 g/mol. The fourth-order valence-corrected chi connectivity index (χ4v) is 4.65. The van der Waals surface area contributed by atoms with E-state index in [0.717, 1.165) is 50.7 Å². The van der Waals surface area contributed by atoms with E-state index >= 15 is 0 Å². The van der Waals surface area contributed by atoms with Crippen molar-refractivity contribution >= 4 is 11.8 Å². The zero-order valence-electron chi connectivity index (χ0n) is 16.9. The maximum absolute atomic E-state index is 13.0. The van der Waals surface area contributed by atoms with Crippen molar-refractivity contribution in [1.29, 1.82) is 0 Å². The van der Waals surface area contributed by atoms with Crippen molar-refractivity contribution in [2.24, 2.45) is 17.6 Å². The largest absolute Gasteiger partial charge is 0.360 e. The number of carbonyl (C=O) groups excluding carboxylic acids is 2. The van der Waals surface area contributed by atoms with Gasteiger partial charge in [0.05, 0.1) is 0 Å². The molecule has 3 atom stereocenters. The van der Waals surface area contributed by atoms with E-state index in [2.05, 4.69) is 24.3 Å². The minimum atomic E-state index is -0.180. The van der Waals surface area contributed by atoms with Crippen molar-refractivity contribution in [3.8, 4) is 0 Å². The topological polar surface area (TPSA) is 101 Å². The Balaban J connectivity index is 1.33. The highest BCUT2D eigenvalue weighted by atomic mass is 16.5. The summed E-state index contributed by atoms with van der Waals surface area (Å²) in [5.41, 5.74) is 6.34. The summed E-state index contributed by atoms with van der Waals surface area (Å²) in [6.07, 6.45) is 6.66. The van der Waals surface area contributed by atoms with E-state index in [1.54, 1.807) is 6.07 Å². The summed E-state index contributed by atoms with van der Waals surface area (Å²) in [7, 11) is 0. The molecule has 3 unspecified atom stereocenters. The van der Waals surface area contributed by atoms with Gasteiger partial charge in [-0.05, 0) is 57.8 Å². The summed E-state index contributed by atoms with van der Waals surface area (Å²) in [6, 6.07) is 2.17. The standard InChI is InChI=1S/C21H32N4O3/c1-12-11-25(21(27)15-5-7-16(22)8-6-15)13(2)9-17(12)23-20(26)18-10-19(28-24-18)14-3-4-14/h10,12-17H,3-9,11,22H2,1-2H3,(H,23,26). The van der Waals surface area contributed by atoms with Gasteiger partial charge in [-0.25, -0.2) is 0 Å². The maximum atomic E-state index is 13.0. The van der Waals surface area contributed by atoms with Crippen LogP contribution in [0.2, 0.25) is 0 Å². The van der Waals surface area contributed by atoms with E-state index in [0.29, 0.717) is 18.2 Å². The summed E-state index contributed by atoms with van der Waals surface area (Å²) < 4.78 is 5.30. The van der Waals surface area contributed by atoms with Crippen LogP contribution in [0.3, 0.4) is 0 Å². The third-order valence-corrected chi connectivity index (χ3v) is 6.76. The number of nitrogens with one attached hydrogen (secondary N) is 1. The van der Waals surface area contributed by atoms with E-state index in [1.165, 1.54) is 0 Å². The second-order valence-electron chi connectivity index (χ2n) is 9.13. The molecule has 2 aliphatic carbocycles. The molecule has 7 nitrogen and oxygen atoms in total. The van der Waals surface area contributed by atoms with E-state index in [4.69, 9.17) is 10.3 Å². The molecule has 1 aromatic rings. The van der Waals surface area contributed by atoms with Crippen LogP contribution in [-0.2, 0) is 4.79 Å². The Hall–Kier alpha value is -1.89. The number of rotatable bonds is 4. The van der Waals surface area contributed by atoms with Gasteiger partial charge in [0.25, 0.3) is 5.91 Å². The molecule has 2 amide bonds. The van der Waals surface area contributed by atoms with E-state index in [-0.39, 0.29) is 41.8 Å². The molecular formula is C21H32N4O3. The molecular weight excluding hydrogens is 356 g/mol. The van der Waals surface area contributed by atoms with Crippen molar-refractivity contribution < 1.29 is 14.1 Å². The van der Waals surface area contributed by atoms with Gasteiger partial charge in [0, 0.05) is 42.6 Å². The van der Waals surface area contributed by atoms with E-state index in [9.17, 15) is 9.59 Å². The normalized spacial score (nSPS) is 33.5. The number of nitrogens with zero attached hydrogens (tertiary/aromatic N) is 2. The lowest BCUT2D eigenvalue weighted by atomic mass is 9.83. The Kier molecular flexibility index (Phi) is 5.45. The first-order valence-electron chi connectivity index (χ1n) is 10.8. The van der Waals surface area contributed by atoms with Gasteiger partial charge in [0.1, 0.15) is 5.76 Å². The van der Waals surface area contributed by atoms with E-state index in [1.807, 2.05) is 4.90 Å². The van der Waals surface area contributed by atoms with Crippen LogP contribution in [0.15, 0.2) is 10.6 Å². The van der Waals surface area contributed by atoms with Crippen LogP contribution in [0, 0.1) is 11.8 Å². The Morgan fingerprint density at radius 1 is 1.18 bits per heavy atom. The molecule has 3 fully saturated rings. The number of aromatic nitrogens is 1. The molecule has 154 valence electrons. The zero-order chi connectivity index (χ0) is 19.8. The SMILES string of the molecule is CC1CN(C(=O)C2CCC(N)CC2)C(C)CC1NC(=O)c1cc(C2CC2)on1. The molecule has 7 heteroatoms. The van der Waals surface area contributed by atoms with E-state index < -0.39 is 0 Å². The first kappa shape index (κ1) is 19.4. The number of hydrogen-bond acceptors (Lipinski definition) is 5. The molecule has 2 saturated carbocycles. The molecule has 0 bridgehead atoms. The second-order valence-corrected chi connectivity index (χ2v) is 9.13. The van der Waals surface area contributed by atoms with Crippen LogP contribution < -0.4 is 11.1 Å². The van der Waals surface area contributed by atoms with Gasteiger partial charge in [-0.1, -0.05) is 12.1 Å². The van der Waals surface area contributed by atoms with Gasteiger partial charge in [-0.3, -0.25) is 9.59 Å². The van der Waals surface area contributed by atoms with Crippen LogP contribution >= 0.6 is 0 Å². The molecule has 0 radical (unpaired) electrons. The quantitative estimate of drug-likeness (QED) is 0.825. The molecule has 1 saturated heterocycles. The molecule has 0 spiro atoms. The highest BCUT2D eigenvalue weighted by Gasteiger charge is 2.38. The lowest BCUT2D eigenvalue weighted by Crippen LogP contribution is -2.56. The fraction of sp³-hybridized carbons (Fsp3) is 0.762. The molecule has 0 aromatic carbocycles. The average Bonchev–Trinajstić information content (AvgIpc) is 3.41. The van der Waals surface area contributed by atoms with Gasteiger partial charge in [-0.2, -0.15) is 0 Å². The van der Waals surface area contributed by atoms with Crippen LogP contribution in [0.1, 0.15) is 81.0 Å². The summed E-state index contributed by atoms with van der Waals surface area (Å²) in [6.45, 7) is 4.87. The van der Waals surface area contributed by atoms with Crippen molar-refractivity contribution in [2.45, 2.75) is 82.8 Å². The smallest absolute Gasteiger partial charge is 0.273 e. The number of piperidine rings is 1. The number of carbonyl (C=O) groups is 2. The molecule has 3 N–H and O–H groups in total. The lowest BCUT2D eigenvalue weighted by molar-refractivity contribution is -0.141. The molecule has 2 heterocycles. The van der Waals surface area contributed by atoms with Crippen molar-refractivity contribution in [3.63, 3.8) is 0 Å². The Morgan fingerprint density at radius 3 is 2.57 bits per heavy atom. The van der Waals surface area contributed by atoms with Crippen molar-refractivity contribution in [2.75, 3.05) is 6.54 Å². The van der Waals surface area contributed by atoms with Crippen LogP contribution in [0.25, 0.3) is 0 Å². The highest BCUT2D eigenvalue weighted by molar-refractivity contribution is 5.92.